The highest BCUT2D eigenvalue weighted by Crippen LogP contribution is 2.49. The highest BCUT2D eigenvalue weighted by atomic mass is 19.3. The lowest BCUT2D eigenvalue weighted by molar-refractivity contribution is -0.0360. The minimum Gasteiger partial charge on any atom is -0.364 e. The molecule has 1 heterocycles. The number of nitrogens with zero attached hydrogens (tertiary/aromatic N) is 1. The van der Waals surface area contributed by atoms with Gasteiger partial charge < -0.3 is 4.52 Å². The molecule has 1 fully saturated rings. The van der Waals surface area contributed by atoms with Crippen molar-refractivity contribution in [2.45, 2.75) is 32.1 Å². The van der Waals surface area contributed by atoms with Crippen LogP contribution in [0.25, 0.3) is 0 Å². The van der Waals surface area contributed by atoms with E-state index >= 15 is 0 Å². The highest BCUT2D eigenvalue weighted by molar-refractivity contribution is 5.21. The summed E-state index contributed by atoms with van der Waals surface area (Å²) in [6, 6.07) is 0. The van der Waals surface area contributed by atoms with Crippen LogP contribution in [0, 0.1) is 5.92 Å². The predicted molar refractivity (Wildman–Crippen MR) is 42.5 cm³/mol. The first-order chi connectivity index (χ1) is 6.16. The molecule has 0 aromatic carbocycles. The number of rotatable bonds is 3. The number of halogens is 2. The summed E-state index contributed by atoms with van der Waals surface area (Å²) in [7, 11) is 0. The average molecular weight is 187 g/mol. The van der Waals surface area contributed by atoms with Gasteiger partial charge in [-0.05, 0) is 19.3 Å². The first kappa shape index (κ1) is 8.66. The fourth-order valence-electron chi connectivity index (χ4n) is 1.42. The maximum absolute atomic E-state index is 13.5. The summed E-state index contributed by atoms with van der Waals surface area (Å²) in [6.07, 6.45) is 3.05. The third kappa shape index (κ3) is 1.34. The van der Waals surface area contributed by atoms with Gasteiger partial charge in [-0.15, -0.1) is 0 Å². The summed E-state index contributed by atoms with van der Waals surface area (Å²) in [5.74, 6) is -3.29. The molecule has 0 saturated heterocycles. The van der Waals surface area contributed by atoms with E-state index in [4.69, 9.17) is 0 Å². The van der Waals surface area contributed by atoms with Crippen molar-refractivity contribution in [2.75, 3.05) is 0 Å². The number of hydrogen-bond acceptors (Lipinski definition) is 2. The van der Waals surface area contributed by atoms with Gasteiger partial charge in [0.2, 0.25) is 0 Å². The molecule has 0 unspecified atom stereocenters. The van der Waals surface area contributed by atoms with E-state index < -0.39 is 11.8 Å². The summed E-state index contributed by atoms with van der Waals surface area (Å²) in [6.45, 7) is 1.82. The quantitative estimate of drug-likeness (QED) is 0.727. The van der Waals surface area contributed by atoms with Gasteiger partial charge in [0.15, 0.2) is 5.69 Å². The Morgan fingerprint density at radius 3 is 2.85 bits per heavy atom. The van der Waals surface area contributed by atoms with E-state index in [1.807, 2.05) is 6.92 Å². The molecule has 0 spiro atoms. The summed E-state index contributed by atoms with van der Waals surface area (Å²) in [5, 5.41) is 3.39. The molecule has 0 radical (unpaired) electrons. The van der Waals surface area contributed by atoms with Crippen LogP contribution >= 0.6 is 0 Å². The van der Waals surface area contributed by atoms with Crippen LogP contribution in [0.15, 0.2) is 10.8 Å². The molecule has 0 amide bonds. The SMILES string of the molecule is CCc1conc1C(F)(F)C1CC1. The van der Waals surface area contributed by atoms with Gasteiger partial charge in [0.1, 0.15) is 6.26 Å². The van der Waals surface area contributed by atoms with Gasteiger partial charge in [0.25, 0.3) is 5.92 Å². The average Bonchev–Trinajstić information content (AvgIpc) is 2.84. The van der Waals surface area contributed by atoms with Crippen molar-refractivity contribution in [3.63, 3.8) is 0 Å². The second kappa shape index (κ2) is 2.79. The molecule has 1 aromatic heterocycles. The van der Waals surface area contributed by atoms with Crippen LogP contribution in [0.4, 0.5) is 8.78 Å². The zero-order chi connectivity index (χ0) is 9.47. The molecule has 13 heavy (non-hydrogen) atoms. The van der Waals surface area contributed by atoms with Crippen molar-refractivity contribution in [2.24, 2.45) is 5.92 Å². The normalized spacial score (nSPS) is 17.8. The molecule has 2 nitrogen and oxygen atoms in total. The Labute approximate surface area is 74.9 Å². The van der Waals surface area contributed by atoms with Gasteiger partial charge in [-0.3, -0.25) is 0 Å². The van der Waals surface area contributed by atoms with Gasteiger partial charge in [-0.25, -0.2) is 0 Å². The van der Waals surface area contributed by atoms with Crippen molar-refractivity contribution in [1.29, 1.82) is 0 Å². The van der Waals surface area contributed by atoms with Gasteiger partial charge >= 0.3 is 0 Å². The van der Waals surface area contributed by atoms with Crippen molar-refractivity contribution >= 4 is 0 Å². The molecular weight excluding hydrogens is 176 g/mol. The second-order valence-electron chi connectivity index (χ2n) is 3.44. The van der Waals surface area contributed by atoms with Crippen LogP contribution in [-0.4, -0.2) is 5.16 Å². The maximum atomic E-state index is 13.5. The molecule has 1 saturated carbocycles. The molecule has 1 aliphatic rings. The fourth-order valence-corrected chi connectivity index (χ4v) is 1.42. The summed E-state index contributed by atoms with van der Waals surface area (Å²) >= 11 is 0. The van der Waals surface area contributed by atoms with Gasteiger partial charge in [0, 0.05) is 11.5 Å². The molecule has 1 aliphatic carbocycles. The van der Waals surface area contributed by atoms with Crippen LogP contribution in [0.2, 0.25) is 0 Å². The predicted octanol–water partition coefficient (Wildman–Crippen LogP) is 2.74. The Morgan fingerprint density at radius 2 is 2.31 bits per heavy atom. The van der Waals surface area contributed by atoms with Crippen LogP contribution < -0.4 is 0 Å². The standard InChI is InChI=1S/C9H11F2NO/c1-2-6-5-13-12-8(6)9(10,11)7-3-4-7/h5,7H,2-4H2,1H3. The Hall–Kier alpha value is -0.930. The molecular formula is C9H11F2NO. The molecule has 4 heteroatoms. The first-order valence-electron chi connectivity index (χ1n) is 4.47. The third-order valence-corrected chi connectivity index (χ3v) is 2.43. The lowest BCUT2D eigenvalue weighted by Gasteiger charge is -2.12. The van der Waals surface area contributed by atoms with Crippen molar-refractivity contribution in [1.82, 2.24) is 5.16 Å². The Morgan fingerprint density at radius 1 is 1.62 bits per heavy atom. The molecule has 0 bridgehead atoms. The van der Waals surface area contributed by atoms with E-state index in [2.05, 4.69) is 9.68 Å². The molecule has 72 valence electrons. The Balaban J connectivity index is 2.32. The van der Waals surface area contributed by atoms with Crippen molar-refractivity contribution in [3.8, 4) is 0 Å². The zero-order valence-electron chi connectivity index (χ0n) is 7.39. The van der Waals surface area contributed by atoms with Crippen molar-refractivity contribution in [3.05, 3.63) is 17.5 Å². The zero-order valence-corrected chi connectivity index (χ0v) is 7.39. The van der Waals surface area contributed by atoms with E-state index in [-0.39, 0.29) is 5.69 Å². The van der Waals surface area contributed by atoms with Crippen LogP contribution in [-0.2, 0) is 12.3 Å². The van der Waals surface area contributed by atoms with Gasteiger partial charge in [-0.2, -0.15) is 8.78 Å². The lowest BCUT2D eigenvalue weighted by atomic mass is 10.1. The summed E-state index contributed by atoms with van der Waals surface area (Å²) < 4.78 is 31.6. The second-order valence-corrected chi connectivity index (χ2v) is 3.44. The molecule has 0 N–H and O–H groups in total. The van der Waals surface area contributed by atoms with E-state index in [9.17, 15) is 8.78 Å². The van der Waals surface area contributed by atoms with Crippen LogP contribution in [0.5, 0.6) is 0 Å². The molecule has 0 atom stereocenters. The smallest absolute Gasteiger partial charge is 0.296 e. The molecule has 1 aromatic rings. The Bertz CT molecular complexity index is 304. The van der Waals surface area contributed by atoms with E-state index in [0.717, 1.165) is 0 Å². The number of aryl methyl sites for hydroxylation is 1. The van der Waals surface area contributed by atoms with Gasteiger partial charge in [0.05, 0.1) is 0 Å². The fraction of sp³-hybridized carbons (Fsp3) is 0.667. The molecule has 2 rings (SSSR count). The maximum Gasteiger partial charge on any atom is 0.296 e. The largest absolute Gasteiger partial charge is 0.364 e. The number of aromatic nitrogens is 1. The third-order valence-electron chi connectivity index (χ3n) is 2.43. The number of hydrogen-bond donors (Lipinski definition) is 0. The lowest BCUT2D eigenvalue weighted by Crippen LogP contribution is -2.18. The van der Waals surface area contributed by atoms with E-state index in [1.165, 1.54) is 6.26 Å². The van der Waals surface area contributed by atoms with Crippen LogP contribution in [0.1, 0.15) is 31.0 Å². The van der Waals surface area contributed by atoms with E-state index in [0.29, 0.717) is 24.8 Å². The highest BCUT2D eigenvalue weighted by Gasteiger charge is 2.51. The minimum absolute atomic E-state index is 0.155. The van der Waals surface area contributed by atoms with Gasteiger partial charge in [-0.1, -0.05) is 12.1 Å². The molecule has 0 aliphatic heterocycles. The Kier molecular flexibility index (Phi) is 1.86. The summed E-state index contributed by atoms with van der Waals surface area (Å²) in [4.78, 5) is 0. The number of alkyl halides is 2. The monoisotopic (exact) mass is 187 g/mol. The van der Waals surface area contributed by atoms with Crippen molar-refractivity contribution < 1.29 is 13.3 Å². The van der Waals surface area contributed by atoms with E-state index in [1.54, 1.807) is 0 Å². The summed E-state index contributed by atoms with van der Waals surface area (Å²) in [5.41, 5.74) is 0.370. The first-order valence-corrected chi connectivity index (χ1v) is 4.47. The minimum atomic E-state index is -2.78. The van der Waals surface area contributed by atoms with Crippen LogP contribution in [0.3, 0.4) is 0 Å². The topological polar surface area (TPSA) is 26.0 Å².